The molecule has 0 unspecified atom stereocenters. The summed E-state index contributed by atoms with van der Waals surface area (Å²) in [6.45, 7) is 0. The summed E-state index contributed by atoms with van der Waals surface area (Å²) in [7, 11) is 0. The fourth-order valence-electron chi connectivity index (χ4n) is 2.42. The quantitative estimate of drug-likeness (QED) is 0.274. The van der Waals surface area contributed by atoms with Gasteiger partial charge in [0.2, 0.25) is 0 Å². The topological polar surface area (TPSA) is 0 Å². The van der Waals surface area contributed by atoms with Crippen molar-refractivity contribution in [3.8, 4) is 22.3 Å². The Morgan fingerprint density at radius 1 is 0.640 bits per heavy atom. The molecule has 25 heavy (non-hydrogen) atoms. The Hall–Kier alpha value is -2.36. The summed E-state index contributed by atoms with van der Waals surface area (Å²) < 4.78 is 25.1. The van der Waals surface area contributed by atoms with Gasteiger partial charge in [-0.3, -0.25) is 0 Å². The predicted molar refractivity (Wildman–Crippen MR) is 94.9 cm³/mol. The summed E-state index contributed by atoms with van der Waals surface area (Å²) in [6.07, 6.45) is 0. The van der Waals surface area contributed by atoms with E-state index in [1.165, 1.54) is 24.3 Å². The SMILES string of the molecule is Fc1ccc(-[c-]2[cH-][cH-][cH-][cH-]2)cc1.Fc1ccc(-[c-]2cccc2)cc1.[Os]. The number of rotatable bonds is 2. The first-order valence-corrected chi connectivity index (χ1v) is 7.68. The van der Waals surface area contributed by atoms with Crippen molar-refractivity contribution >= 4 is 0 Å². The van der Waals surface area contributed by atoms with Crippen LogP contribution in [0, 0.1) is 11.6 Å². The third-order valence-electron chi connectivity index (χ3n) is 3.68. The van der Waals surface area contributed by atoms with Crippen LogP contribution < -0.4 is 0 Å². The molecule has 3 heteroatoms. The van der Waals surface area contributed by atoms with Gasteiger partial charge in [-0.25, -0.2) is 8.78 Å². The molecule has 0 aromatic heterocycles. The molecule has 4 aromatic rings. The van der Waals surface area contributed by atoms with E-state index in [0.717, 1.165) is 22.3 Å². The van der Waals surface area contributed by atoms with Crippen molar-refractivity contribution in [2.24, 2.45) is 0 Å². The fraction of sp³-hybridized carbons (Fsp3) is 0. The number of halogens is 2. The maximum Gasteiger partial charge on any atom is 0.108 e. The summed E-state index contributed by atoms with van der Waals surface area (Å²) in [5, 5.41) is 0. The van der Waals surface area contributed by atoms with Crippen LogP contribution in [0.15, 0.2) is 97.1 Å². The van der Waals surface area contributed by atoms with Gasteiger partial charge in [-0.2, -0.15) is 24.3 Å². The third kappa shape index (κ3) is 5.31. The summed E-state index contributed by atoms with van der Waals surface area (Å²) in [5.41, 5.74) is 4.38. The van der Waals surface area contributed by atoms with Crippen molar-refractivity contribution < 1.29 is 28.6 Å². The van der Waals surface area contributed by atoms with Crippen molar-refractivity contribution in [2.45, 2.75) is 0 Å². The van der Waals surface area contributed by atoms with Crippen LogP contribution in [-0.2, 0) is 19.8 Å². The molecule has 0 aliphatic rings. The predicted octanol–water partition coefficient (Wildman–Crippen LogP) is 6.42. The zero-order valence-corrected chi connectivity index (χ0v) is 15.9. The van der Waals surface area contributed by atoms with E-state index in [1.54, 1.807) is 24.3 Å². The second-order valence-electron chi connectivity index (χ2n) is 5.36. The molecular weight excluding hydrogens is 492 g/mol. The second-order valence-corrected chi connectivity index (χ2v) is 5.36. The molecule has 0 saturated carbocycles. The van der Waals surface area contributed by atoms with Crippen molar-refractivity contribution in [3.63, 3.8) is 0 Å². The zero-order valence-electron chi connectivity index (χ0n) is 13.3. The van der Waals surface area contributed by atoms with Gasteiger partial charge in [-0.05, 0) is 0 Å². The molecule has 0 bridgehead atoms. The van der Waals surface area contributed by atoms with Crippen LogP contribution in [0.5, 0.6) is 0 Å². The van der Waals surface area contributed by atoms with Gasteiger partial charge in [0.15, 0.2) is 0 Å². The van der Waals surface area contributed by atoms with Gasteiger partial charge in [0.05, 0.1) is 5.82 Å². The molecule has 132 valence electrons. The minimum atomic E-state index is -0.190. The molecule has 4 aromatic carbocycles. The van der Waals surface area contributed by atoms with Gasteiger partial charge in [0.25, 0.3) is 0 Å². The molecule has 0 aliphatic carbocycles. The van der Waals surface area contributed by atoms with Crippen LogP contribution >= 0.6 is 0 Å². The van der Waals surface area contributed by atoms with Crippen LogP contribution in [0.25, 0.3) is 22.3 Å². The van der Waals surface area contributed by atoms with Crippen molar-refractivity contribution in [2.75, 3.05) is 0 Å². The summed E-state index contributed by atoms with van der Waals surface area (Å²) in [6, 6.07) is 28.9. The van der Waals surface area contributed by atoms with Crippen molar-refractivity contribution in [1.29, 1.82) is 0 Å². The van der Waals surface area contributed by atoms with Gasteiger partial charge in [-0.1, -0.05) is 17.7 Å². The molecule has 0 radical (unpaired) electrons. The molecule has 0 saturated heterocycles. The minimum Gasteiger partial charge on any atom is -0.642 e. The number of hydrogen-bond donors (Lipinski definition) is 0. The molecule has 0 amide bonds. The summed E-state index contributed by atoms with van der Waals surface area (Å²) in [5.74, 6) is -0.379. The van der Waals surface area contributed by atoms with Gasteiger partial charge in [0.1, 0.15) is 5.82 Å². The Morgan fingerprint density at radius 3 is 1.56 bits per heavy atom. The van der Waals surface area contributed by atoms with Crippen LogP contribution in [0.2, 0.25) is 0 Å². The Balaban J connectivity index is 0.000000173. The van der Waals surface area contributed by atoms with E-state index >= 15 is 0 Å². The molecular formula is C22H16F2Os-6. The van der Waals surface area contributed by atoms with Gasteiger partial charge >= 0.3 is 0 Å². The first-order chi connectivity index (χ1) is 11.7. The van der Waals surface area contributed by atoms with Crippen LogP contribution in [-0.4, -0.2) is 0 Å². The maximum atomic E-state index is 12.5. The van der Waals surface area contributed by atoms with E-state index in [1.807, 2.05) is 48.5 Å². The largest absolute Gasteiger partial charge is 0.642 e. The Bertz CT molecular complexity index is 768. The van der Waals surface area contributed by atoms with Crippen LogP contribution in [0.1, 0.15) is 0 Å². The third-order valence-corrected chi connectivity index (χ3v) is 3.68. The normalized spacial score (nSPS) is 9.68. The van der Waals surface area contributed by atoms with Gasteiger partial charge < -0.3 is 47.5 Å². The molecule has 0 atom stereocenters. The Kier molecular flexibility index (Phi) is 6.98. The smallest absolute Gasteiger partial charge is 0.108 e. The van der Waals surface area contributed by atoms with E-state index in [4.69, 9.17) is 0 Å². The molecule has 0 heterocycles. The number of benzene rings is 2. The minimum absolute atomic E-state index is 0. The molecule has 4 rings (SSSR count). The molecule has 0 spiro atoms. The summed E-state index contributed by atoms with van der Waals surface area (Å²) >= 11 is 0. The van der Waals surface area contributed by atoms with Crippen molar-refractivity contribution in [1.82, 2.24) is 0 Å². The molecule has 0 aliphatic heterocycles. The maximum absolute atomic E-state index is 12.5. The first kappa shape index (κ1) is 19.0. The Morgan fingerprint density at radius 2 is 1.08 bits per heavy atom. The molecule has 0 N–H and O–H groups in total. The van der Waals surface area contributed by atoms with Gasteiger partial charge in [-0.15, -0.1) is 29.8 Å². The Labute approximate surface area is 159 Å². The number of hydrogen-bond acceptors (Lipinski definition) is 0. The first-order valence-electron chi connectivity index (χ1n) is 7.68. The summed E-state index contributed by atoms with van der Waals surface area (Å²) in [4.78, 5) is 0. The molecule has 0 fully saturated rings. The average Bonchev–Trinajstić information content (AvgIpc) is 3.31. The van der Waals surface area contributed by atoms with Crippen LogP contribution in [0.3, 0.4) is 0 Å². The monoisotopic (exact) mass is 510 g/mol. The fourth-order valence-corrected chi connectivity index (χ4v) is 2.42. The second kappa shape index (κ2) is 9.21. The van der Waals surface area contributed by atoms with Crippen molar-refractivity contribution in [3.05, 3.63) is 109 Å². The van der Waals surface area contributed by atoms with Gasteiger partial charge in [0, 0.05) is 19.8 Å². The van der Waals surface area contributed by atoms with E-state index < -0.39 is 0 Å². The zero-order chi connectivity index (χ0) is 16.8. The average molecular weight is 509 g/mol. The van der Waals surface area contributed by atoms with E-state index in [9.17, 15) is 8.78 Å². The van der Waals surface area contributed by atoms with E-state index in [-0.39, 0.29) is 31.4 Å². The van der Waals surface area contributed by atoms with Crippen LogP contribution in [0.4, 0.5) is 8.78 Å². The van der Waals surface area contributed by atoms with E-state index in [2.05, 4.69) is 0 Å². The molecule has 0 nitrogen and oxygen atoms in total. The van der Waals surface area contributed by atoms with E-state index in [0.29, 0.717) is 0 Å². The standard InChI is InChI=1S/2C11H8F.Os/c2*12-11-7-5-10(6-8-11)9-3-1-2-4-9;/h2*1-8H;/q-5;-1;.